The van der Waals surface area contributed by atoms with E-state index in [1.54, 1.807) is 38.1 Å². The summed E-state index contributed by atoms with van der Waals surface area (Å²) in [7, 11) is 0. The fourth-order valence-corrected chi connectivity index (χ4v) is 4.55. The molecule has 4 rings (SSSR count). The molecule has 1 heterocycles. The molecule has 0 saturated carbocycles. The number of nitro benzene ring substituents is 1. The predicted molar refractivity (Wildman–Crippen MR) is 163 cm³/mol. The summed E-state index contributed by atoms with van der Waals surface area (Å²) in [5.74, 6) is -1.05. The summed E-state index contributed by atoms with van der Waals surface area (Å²) in [5, 5.41) is 21.4. The molecular formula is C30H26F3N5O7S. The molecule has 1 atom stereocenters. The minimum Gasteiger partial charge on any atom is -0.483 e. The van der Waals surface area contributed by atoms with Crippen LogP contribution >= 0.6 is 12.2 Å². The van der Waals surface area contributed by atoms with Crippen LogP contribution in [0.3, 0.4) is 0 Å². The lowest BCUT2D eigenvalue weighted by molar-refractivity contribution is -0.385. The number of carbonyl (C=O) groups is 2. The fraction of sp³-hybridized carbons (Fsp3) is 0.200. The lowest BCUT2D eigenvalue weighted by atomic mass is 9.95. The SMILES string of the molecule is CCOC(=O)C1=C(C)NC(=S)N[C@H]1c1ccccc1OCC(=O)NN=Cc1ccc(Oc2ccc(C(F)(F)F)cc2[N+](=O)[O-])cc1. The maximum absolute atomic E-state index is 12.9. The van der Waals surface area contributed by atoms with Gasteiger partial charge in [-0.3, -0.25) is 14.9 Å². The highest BCUT2D eigenvalue weighted by atomic mass is 32.1. The molecule has 0 unspecified atom stereocenters. The highest BCUT2D eigenvalue weighted by Crippen LogP contribution is 2.38. The number of hydrogen-bond acceptors (Lipinski definition) is 9. The third-order valence-corrected chi connectivity index (χ3v) is 6.57. The Hall–Kier alpha value is -5.51. The number of para-hydroxylation sites is 1. The molecule has 0 spiro atoms. The molecule has 1 amide bonds. The Kier molecular flexibility index (Phi) is 10.5. The molecule has 0 saturated heterocycles. The molecule has 46 heavy (non-hydrogen) atoms. The summed E-state index contributed by atoms with van der Waals surface area (Å²) in [6, 6.07) is 14.0. The van der Waals surface area contributed by atoms with E-state index in [2.05, 4.69) is 21.2 Å². The third kappa shape index (κ3) is 8.35. The maximum Gasteiger partial charge on any atom is 0.416 e. The zero-order valence-electron chi connectivity index (χ0n) is 24.2. The van der Waals surface area contributed by atoms with E-state index in [4.69, 9.17) is 26.4 Å². The van der Waals surface area contributed by atoms with Crippen LogP contribution in [-0.4, -0.2) is 41.3 Å². The second kappa shape index (κ2) is 14.5. The van der Waals surface area contributed by atoms with Gasteiger partial charge in [-0.2, -0.15) is 18.3 Å². The molecule has 0 aromatic heterocycles. The Bertz CT molecular complexity index is 1710. The predicted octanol–water partition coefficient (Wildman–Crippen LogP) is 5.29. The Balaban J connectivity index is 1.37. The second-order valence-electron chi connectivity index (χ2n) is 9.52. The molecule has 3 N–H and O–H groups in total. The molecule has 0 radical (unpaired) electrons. The van der Waals surface area contributed by atoms with Crippen molar-refractivity contribution in [3.8, 4) is 17.2 Å². The first kappa shape index (κ1) is 33.4. The van der Waals surface area contributed by atoms with Crippen molar-refractivity contribution in [2.24, 2.45) is 5.10 Å². The first-order valence-corrected chi connectivity index (χ1v) is 13.9. The topological polar surface area (TPSA) is 153 Å². The Morgan fingerprint density at radius 3 is 2.50 bits per heavy atom. The summed E-state index contributed by atoms with van der Waals surface area (Å²) in [4.78, 5) is 35.5. The second-order valence-corrected chi connectivity index (χ2v) is 9.93. The number of nitro groups is 1. The van der Waals surface area contributed by atoms with E-state index in [0.717, 1.165) is 6.07 Å². The van der Waals surface area contributed by atoms with Gasteiger partial charge in [-0.25, -0.2) is 10.2 Å². The van der Waals surface area contributed by atoms with Gasteiger partial charge in [0.1, 0.15) is 11.5 Å². The third-order valence-electron chi connectivity index (χ3n) is 6.35. The number of benzene rings is 3. The summed E-state index contributed by atoms with van der Waals surface area (Å²) in [5.41, 5.74) is 2.21. The van der Waals surface area contributed by atoms with Crippen molar-refractivity contribution in [3.05, 3.63) is 105 Å². The van der Waals surface area contributed by atoms with Crippen LogP contribution in [0.15, 0.2) is 83.1 Å². The largest absolute Gasteiger partial charge is 0.483 e. The van der Waals surface area contributed by atoms with Crippen LogP contribution in [0.25, 0.3) is 0 Å². The van der Waals surface area contributed by atoms with Gasteiger partial charge in [0.05, 0.1) is 34.9 Å². The van der Waals surface area contributed by atoms with Crippen LogP contribution in [0, 0.1) is 10.1 Å². The molecule has 3 aromatic carbocycles. The highest BCUT2D eigenvalue weighted by Gasteiger charge is 2.34. The summed E-state index contributed by atoms with van der Waals surface area (Å²) >= 11 is 5.27. The number of carbonyl (C=O) groups excluding carboxylic acids is 2. The average molecular weight is 658 g/mol. The molecular weight excluding hydrogens is 631 g/mol. The fourth-order valence-electron chi connectivity index (χ4n) is 4.28. The standard InChI is InChI=1S/C30H26F3N5O7S/c1-3-43-28(40)26-17(2)35-29(46)36-27(26)21-6-4-5-7-23(21)44-16-25(39)37-34-15-18-8-11-20(12-9-18)45-24-13-10-19(30(31,32)33)14-22(24)38(41)42/h4-15,27H,3,16H2,1-2H3,(H,37,39)(H2,35,36,46)/t27-/m0/s1. The van der Waals surface area contributed by atoms with Crippen LogP contribution in [0.5, 0.6) is 17.2 Å². The number of amides is 1. The smallest absolute Gasteiger partial charge is 0.416 e. The normalized spacial score (nSPS) is 14.7. The molecule has 240 valence electrons. The van der Waals surface area contributed by atoms with E-state index in [-0.39, 0.29) is 18.1 Å². The summed E-state index contributed by atoms with van der Waals surface area (Å²) in [6.45, 7) is 3.16. The number of nitrogens with one attached hydrogen (secondary N) is 3. The number of nitrogens with zero attached hydrogens (tertiary/aromatic N) is 2. The lowest BCUT2D eigenvalue weighted by Crippen LogP contribution is -2.45. The average Bonchev–Trinajstić information content (AvgIpc) is 3.00. The van der Waals surface area contributed by atoms with Gasteiger partial charge >= 0.3 is 17.8 Å². The first-order chi connectivity index (χ1) is 21.9. The van der Waals surface area contributed by atoms with Crippen molar-refractivity contribution >= 4 is 41.1 Å². The molecule has 3 aromatic rings. The molecule has 0 aliphatic carbocycles. The Morgan fingerprint density at radius 2 is 1.83 bits per heavy atom. The minimum atomic E-state index is -4.75. The van der Waals surface area contributed by atoms with Crippen LogP contribution in [-0.2, 0) is 20.5 Å². The number of esters is 1. The minimum absolute atomic E-state index is 0.122. The van der Waals surface area contributed by atoms with Crippen LogP contribution in [0.4, 0.5) is 18.9 Å². The number of alkyl halides is 3. The number of halogens is 3. The number of rotatable bonds is 11. The Labute approximate surface area is 265 Å². The van der Waals surface area contributed by atoms with E-state index in [9.17, 15) is 32.9 Å². The molecule has 12 nitrogen and oxygen atoms in total. The van der Waals surface area contributed by atoms with E-state index in [1.807, 2.05) is 0 Å². The number of thiocarbonyl (C=S) groups is 1. The van der Waals surface area contributed by atoms with Gasteiger partial charge in [0.2, 0.25) is 5.75 Å². The molecule has 0 bridgehead atoms. The van der Waals surface area contributed by atoms with Gasteiger partial charge in [0, 0.05) is 17.3 Å². The summed E-state index contributed by atoms with van der Waals surface area (Å²) in [6.07, 6.45) is -3.43. The van der Waals surface area contributed by atoms with Crippen molar-refractivity contribution in [2.75, 3.05) is 13.2 Å². The number of allylic oxidation sites excluding steroid dienone is 1. The summed E-state index contributed by atoms with van der Waals surface area (Å²) < 4.78 is 55.2. The molecule has 0 fully saturated rings. The number of hydrazone groups is 1. The monoisotopic (exact) mass is 657 g/mol. The number of ether oxygens (including phenoxy) is 3. The number of hydrogen-bond donors (Lipinski definition) is 3. The van der Waals surface area contributed by atoms with Gasteiger partial charge < -0.3 is 24.8 Å². The maximum atomic E-state index is 12.9. The van der Waals surface area contributed by atoms with Crippen molar-refractivity contribution in [3.63, 3.8) is 0 Å². The zero-order valence-corrected chi connectivity index (χ0v) is 25.0. The first-order valence-electron chi connectivity index (χ1n) is 13.5. The van der Waals surface area contributed by atoms with Crippen molar-refractivity contribution < 1.29 is 41.9 Å². The van der Waals surface area contributed by atoms with Crippen molar-refractivity contribution in [1.29, 1.82) is 0 Å². The van der Waals surface area contributed by atoms with Crippen LogP contribution < -0.4 is 25.5 Å². The van der Waals surface area contributed by atoms with Crippen LogP contribution in [0.1, 0.15) is 36.6 Å². The quantitative estimate of drug-likeness (QED) is 0.0815. The van der Waals surface area contributed by atoms with Gasteiger partial charge in [-0.05, 0) is 74.1 Å². The zero-order chi connectivity index (χ0) is 33.4. The molecule has 1 aliphatic heterocycles. The van der Waals surface area contributed by atoms with Gasteiger partial charge in [0.15, 0.2) is 11.7 Å². The van der Waals surface area contributed by atoms with Crippen molar-refractivity contribution in [2.45, 2.75) is 26.1 Å². The van der Waals surface area contributed by atoms with Crippen molar-refractivity contribution in [1.82, 2.24) is 16.1 Å². The van der Waals surface area contributed by atoms with Gasteiger partial charge in [-0.1, -0.05) is 18.2 Å². The van der Waals surface area contributed by atoms with Gasteiger partial charge in [0.25, 0.3) is 5.91 Å². The highest BCUT2D eigenvalue weighted by molar-refractivity contribution is 7.80. The van der Waals surface area contributed by atoms with Crippen LogP contribution in [0.2, 0.25) is 0 Å². The van der Waals surface area contributed by atoms with E-state index in [0.29, 0.717) is 45.4 Å². The molecule has 16 heteroatoms. The molecule has 1 aliphatic rings. The Morgan fingerprint density at radius 1 is 1.11 bits per heavy atom. The van der Waals surface area contributed by atoms with Gasteiger partial charge in [-0.15, -0.1) is 0 Å². The lowest BCUT2D eigenvalue weighted by Gasteiger charge is -2.30. The van der Waals surface area contributed by atoms with E-state index >= 15 is 0 Å². The van der Waals surface area contributed by atoms with E-state index in [1.165, 1.54) is 30.5 Å². The van der Waals surface area contributed by atoms with E-state index < -0.39 is 46.9 Å².